The highest BCUT2D eigenvalue weighted by atomic mass is 32.1. The maximum atomic E-state index is 12.0. The molecule has 3 rings (SSSR count). The van der Waals surface area contributed by atoms with Gasteiger partial charge in [0.05, 0.1) is 36.1 Å². The SMILES string of the molecule is COc1cccc(Oc2ccc(NC(=O)Cc3csc(C)n3)cn2)c1. The first kappa shape index (κ1) is 16.9. The van der Waals surface area contributed by atoms with E-state index in [0.29, 0.717) is 23.1 Å². The molecule has 0 saturated heterocycles. The molecule has 2 aromatic heterocycles. The summed E-state index contributed by atoms with van der Waals surface area (Å²) >= 11 is 1.53. The number of thiazole rings is 1. The number of benzene rings is 1. The lowest BCUT2D eigenvalue weighted by molar-refractivity contribution is -0.115. The molecule has 0 unspecified atom stereocenters. The number of nitrogens with one attached hydrogen (secondary N) is 1. The summed E-state index contributed by atoms with van der Waals surface area (Å²) < 4.78 is 10.8. The van der Waals surface area contributed by atoms with E-state index in [1.807, 2.05) is 30.5 Å². The fourth-order valence-corrected chi connectivity index (χ4v) is 2.77. The summed E-state index contributed by atoms with van der Waals surface area (Å²) in [6.45, 7) is 1.91. The summed E-state index contributed by atoms with van der Waals surface area (Å²) in [5, 5.41) is 5.63. The van der Waals surface area contributed by atoms with E-state index in [1.165, 1.54) is 11.3 Å². The second-order valence-corrected chi connectivity index (χ2v) is 6.31. The number of anilines is 1. The standard InChI is InChI=1S/C18H17N3O3S/c1-12-20-14(11-25-12)8-17(22)21-13-6-7-18(19-10-13)24-16-5-3-4-15(9-16)23-2/h3-7,9-11H,8H2,1-2H3,(H,21,22). The Bertz CT molecular complexity index is 862. The van der Waals surface area contributed by atoms with Crippen LogP contribution in [-0.4, -0.2) is 23.0 Å². The third-order valence-electron chi connectivity index (χ3n) is 3.29. The normalized spacial score (nSPS) is 10.3. The lowest BCUT2D eigenvalue weighted by atomic mass is 10.3. The summed E-state index contributed by atoms with van der Waals surface area (Å²) in [5.41, 5.74) is 1.38. The van der Waals surface area contributed by atoms with E-state index in [4.69, 9.17) is 9.47 Å². The highest BCUT2D eigenvalue weighted by Crippen LogP contribution is 2.24. The number of aromatic nitrogens is 2. The zero-order valence-electron chi connectivity index (χ0n) is 13.9. The number of hydrogen-bond donors (Lipinski definition) is 1. The van der Waals surface area contributed by atoms with Crippen molar-refractivity contribution in [3.8, 4) is 17.4 Å². The molecule has 0 atom stereocenters. The fraction of sp³-hybridized carbons (Fsp3) is 0.167. The van der Waals surface area contributed by atoms with Crippen LogP contribution in [0.3, 0.4) is 0 Å². The minimum atomic E-state index is -0.131. The molecule has 0 fully saturated rings. The molecule has 128 valence electrons. The van der Waals surface area contributed by atoms with Gasteiger partial charge in [-0.2, -0.15) is 0 Å². The van der Waals surface area contributed by atoms with Crippen LogP contribution >= 0.6 is 11.3 Å². The Morgan fingerprint density at radius 2 is 2.08 bits per heavy atom. The van der Waals surface area contributed by atoms with Crippen LogP contribution in [0.4, 0.5) is 5.69 Å². The molecule has 0 saturated carbocycles. The van der Waals surface area contributed by atoms with Crippen molar-refractivity contribution < 1.29 is 14.3 Å². The maximum absolute atomic E-state index is 12.0. The molecule has 3 aromatic rings. The number of pyridine rings is 1. The number of carbonyl (C=O) groups excluding carboxylic acids is 1. The van der Waals surface area contributed by atoms with Gasteiger partial charge in [-0.15, -0.1) is 11.3 Å². The second kappa shape index (κ2) is 7.76. The van der Waals surface area contributed by atoms with Gasteiger partial charge < -0.3 is 14.8 Å². The topological polar surface area (TPSA) is 73.3 Å². The van der Waals surface area contributed by atoms with Crippen LogP contribution in [0.15, 0.2) is 48.0 Å². The molecule has 0 radical (unpaired) electrons. The van der Waals surface area contributed by atoms with Crippen LogP contribution in [0.1, 0.15) is 10.7 Å². The number of ether oxygens (including phenoxy) is 2. The minimum absolute atomic E-state index is 0.131. The number of nitrogens with zero attached hydrogens (tertiary/aromatic N) is 2. The molecular formula is C18H17N3O3S. The third-order valence-corrected chi connectivity index (χ3v) is 4.11. The summed E-state index contributed by atoms with van der Waals surface area (Å²) in [4.78, 5) is 20.5. The number of hydrogen-bond acceptors (Lipinski definition) is 6. The van der Waals surface area contributed by atoms with Crippen LogP contribution in [-0.2, 0) is 11.2 Å². The van der Waals surface area contributed by atoms with E-state index in [0.717, 1.165) is 10.7 Å². The van der Waals surface area contributed by atoms with Crippen LogP contribution in [0.25, 0.3) is 0 Å². The Labute approximate surface area is 149 Å². The Hall–Kier alpha value is -2.93. The highest BCUT2D eigenvalue weighted by Gasteiger charge is 2.08. The van der Waals surface area contributed by atoms with Gasteiger partial charge in [0.1, 0.15) is 11.5 Å². The largest absolute Gasteiger partial charge is 0.497 e. The molecule has 0 aliphatic rings. The Morgan fingerprint density at radius 1 is 1.24 bits per heavy atom. The van der Waals surface area contributed by atoms with Crippen molar-refractivity contribution in [2.75, 3.05) is 12.4 Å². The van der Waals surface area contributed by atoms with Gasteiger partial charge in [-0.05, 0) is 25.1 Å². The number of carbonyl (C=O) groups is 1. The average molecular weight is 355 g/mol. The van der Waals surface area contributed by atoms with Crippen molar-refractivity contribution >= 4 is 22.9 Å². The highest BCUT2D eigenvalue weighted by molar-refractivity contribution is 7.09. The van der Waals surface area contributed by atoms with Crippen LogP contribution in [0.5, 0.6) is 17.4 Å². The van der Waals surface area contributed by atoms with E-state index in [-0.39, 0.29) is 12.3 Å². The van der Waals surface area contributed by atoms with Crippen LogP contribution in [0, 0.1) is 6.92 Å². The molecule has 0 bridgehead atoms. The minimum Gasteiger partial charge on any atom is -0.497 e. The van der Waals surface area contributed by atoms with E-state index in [2.05, 4.69) is 15.3 Å². The fourth-order valence-electron chi connectivity index (χ4n) is 2.16. The molecule has 0 spiro atoms. The first-order valence-electron chi connectivity index (χ1n) is 7.61. The number of aryl methyl sites for hydroxylation is 1. The first-order valence-corrected chi connectivity index (χ1v) is 8.49. The van der Waals surface area contributed by atoms with Crippen molar-refractivity contribution in [3.05, 3.63) is 58.7 Å². The van der Waals surface area contributed by atoms with Gasteiger partial charge in [-0.3, -0.25) is 4.79 Å². The summed E-state index contributed by atoms with van der Waals surface area (Å²) in [6.07, 6.45) is 1.80. The van der Waals surface area contributed by atoms with Crippen LogP contribution < -0.4 is 14.8 Å². The van der Waals surface area contributed by atoms with Gasteiger partial charge in [-0.25, -0.2) is 9.97 Å². The van der Waals surface area contributed by atoms with E-state index in [1.54, 1.807) is 31.5 Å². The van der Waals surface area contributed by atoms with Gasteiger partial charge in [0.25, 0.3) is 0 Å². The van der Waals surface area contributed by atoms with Gasteiger partial charge in [0.2, 0.25) is 11.8 Å². The maximum Gasteiger partial charge on any atom is 0.230 e. The third kappa shape index (κ3) is 4.77. The predicted octanol–water partition coefficient (Wildman–Crippen LogP) is 3.83. The van der Waals surface area contributed by atoms with Crippen molar-refractivity contribution in [2.24, 2.45) is 0 Å². The molecule has 2 heterocycles. The molecular weight excluding hydrogens is 338 g/mol. The molecule has 1 amide bonds. The zero-order valence-corrected chi connectivity index (χ0v) is 14.7. The second-order valence-electron chi connectivity index (χ2n) is 5.25. The zero-order chi connectivity index (χ0) is 17.6. The van der Waals surface area contributed by atoms with Gasteiger partial charge in [0.15, 0.2) is 0 Å². The molecule has 0 aliphatic heterocycles. The Morgan fingerprint density at radius 3 is 2.76 bits per heavy atom. The smallest absolute Gasteiger partial charge is 0.230 e. The van der Waals surface area contributed by atoms with E-state index >= 15 is 0 Å². The number of rotatable bonds is 6. The first-order chi connectivity index (χ1) is 12.1. The van der Waals surface area contributed by atoms with Crippen LogP contribution in [0.2, 0.25) is 0 Å². The molecule has 25 heavy (non-hydrogen) atoms. The van der Waals surface area contributed by atoms with Crippen molar-refractivity contribution in [3.63, 3.8) is 0 Å². The summed E-state index contributed by atoms with van der Waals surface area (Å²) in [6, 6.07) is 10.7. The average Bonchev–Trinajstić information content (AvgIpc) is 3.01. The lowest BCUT2D eigenvalue weighted by Gasteiger charge is -2.08. The molecule has 0 aliphatic carbocycles. The quantitative estimate of drug-likeness (QED) is 0.727. The summed E-state index contributed by atoms with van der Waals surface area (Å²) in [5.74, 6) is 1.64. The predicted molar refractivity (Wildman–Crippen MR) is 96.5 cm³/mol. The van der Waals surface area contributed by atoms with Gasteiger partial charge >= 0.3 is 0 Å². The van der Waals surface area contributed by atoms with Gasteiger partial charge in [0, 0.05) is 17.5 Å². The van der Waals surface area contributed by atoms with E-state index < -0.39 is 0 Å². The number of methoxy groups -OCH3 is 1. The van der Waals surface area contributed by atoms with Crippen molar-refractivity contribution in [1.29, 1.82) is 0 Å². The summed E-state index contributed by atoms with van der Waals surface area (Å²) in [7, 11) is 1.60. The van der Waals surface area contributed by atoms with Gasteiger partial charge in [-0.1, -0.05) is 6.07 Å². The van der Waals surface area contributed by atoms with E-state index in [9.17, 15) is 4.79 Å². The Balaban J connectivity index is 1.58. The molecule has 1 N–H and O–H groups in total. The molecule has 6 nitrogen and oxygen atoms in total. The Kier molecular flexibility index (Phi) is 5.25. The molecule has 7 heteroatoms. The number of amides is 1. The molecule has 1 aromatic carbocycles. The van der Waals surface area contributed by atoms with Crippen molar-refractivity contribution in [1.82, 2.24) is 9.97 Å². The van der Waals surface area contributed by atoms with Crippen molar-refractivity contribution in [2.45, 2.75) is 13.3 Å². The monoisotopic (exact) mass is 355 g/mol. The lowest BCUT2D eigenvalue weighted by Crippen LogP contribution is -2.14.